The van der Waals surface area contributed by atoms with E-state index in [-0.39, 0.29) is 36.1 Å². The smallest absolute Gasteiger partial charge is 0.341 e. The van der Waals surface area contributed by atoms with E-state index >= 15 is 0 Å². The quantitative estimate of drug-likeness (QED) is 0.655. The summed E-state index contributed by atoms with van der Waals surface area (Å²) in [4.78, 5) is 32.2. The number of nitrogens with one attached hydrogen (secondary N) is 2. The number of H-pyrrole nitrogens is 1. The molecule has 0 bridgehead atoms. The molecule has 0 spiro atoms. The number of hydrogen-bond donors (Lipinski definition) is 2. The van der Waals surface area contributed by atoms with Gasteiger partial charge in [-0.25, -0.2) is 18.2 Å². The Morgan fingerprint density at radius 2 is 2.00 bits per heavy atom. The molecule has 2 aromatic heterocycles. The van der Waals surface area contributed by atoms with Gasteiger partial charge in [0.25, 0.3) is 0 Å². The van der Waals surface area contributed by atoms with Gasteiger partial charge in [-0.1, -0.05) is 6.07 Å². The van der Waals surface area contributed by atoms with Crippen molar-refractivity contribution in [1.29, 1.82) is 0 Å². The minimum Gasteiger partial charge on any atom is -0.462 e. The summed E-state index contributed by atoms with van der Waals surface area (Å²) in [5, 5.41) is 2.76. The number of rotatable bonds is 6. The number of amides is 1. The molecular weight excluding hydrogens is 420 g/mol. The molecule has 2 N–H and O–H groups in total. The van der Waals surface area contributed by atoms with E-state index in [0.717, 1.165) is 5.56 Å². The van der Waals surface area contributed by atoms with Crippen LogP contribution in [0.4, 0.5) is 5.82 Å². The second kappa shape index (κ2) is 9.19. The van der Waals surface area contributed by atoms with E-state index in [2.05, 4.69) is 15.3 Å². The number of carbonyl (C=O) groups excluding carboxylic acids is 2. The normalized spacial score (nSPS) is 17.4. The standard InChI is InChI=1S/C21H28N4O5S/c1-5-30-21(27)18-14(3)23-15(4)19(18)31(28,29)25-10-6-7-16(12-25)20(26)24-17-9-8-13(2)11-22-17/h8-9,11,16,23H,5-7,10,12H2,1-4H3,(H,22,24,26)/t16-/m1/s1. The third-order valence-corrected chi connectivity index (χ3v) is 7.35. The van der Waals surface area contributed by atoms with Crippen molar-refractivity contribution < 1.29 is 22.7 Å². The zero-order valence-corrected chi connectivity index (χ0v) is 19.0. The average Bonchev–Trinajstić information content (AvgIpc) is 3.04. The van der Waals surface area contributed by atoms with Gasteiger partial charge in [0.15, 0.2) is 0 Å². The molecule has 0 saturated carbocycles. The van der Waals surface area contributed by atoms with Crippen molar-refractivity contribution in [1.82, 2.24) is 14.3 Å². The van der Waals surface area contributed by atoms with E-state index < -0.39 is 21.9 Å². The number of piperidine rings is 1. The molecule has 9 nitrogen and oxygen atoms in total. The van der Waals surface area contributed by atoms with Gasteiger partial charge in [-0.3, -0.25) is 4.79 Å². The molecule has 1 fully saturated rings. The summed E-state index contributed by atoms with van der Waals surface area (Å²) in [6, 6.07) is 3.55. The van der Waals surface area contributed by atoms with E-state index in [9.17, 15) is 18.0 Å². The Morgan fingerprint density at radius 3 is 2.65 bits per heavy atom. The summed E-state index contributed by atoms with van der Waals surface area (Å²) in [5.41, 5.74) is 1.81. The van der Waals surface area contributed by atoms with Crippen LogP contribution < -0.4 is 5.32 Å². The first-order valence-corrected chi connectivity index (χ1v) is 11.7. The molecule has 1 saturated heterocycles. The Hall–Kier alpha value is -2.72. The van der Waals surface area contributed by atoms with Gasteiger partial charge in [0.1, 0.15) is 16.3 Å². The van der Waals surface area contributed by atoms with Crippen molar-refractivity contribution in [2.45, 2.75) is 45.4 Å². The maximum atomic E-state index is 13.5. The maximum Gasteiger partial charge on any atom is 0.341 e. The van der Waals surface area contributed by atoms with Crippen LogP contribution in [-0.4, -0.2) is 54.3 Å². The fourth-order valence-electron chi connectivity index (χ4n) is 3.80. The highest BCUT2D eigenvalue weighted by Crippen LogP contribution is 2.30. The summed E-state index contributed by atoms with van der Waals surface area (Å²) < 4.78 is 33.3. The molecule has 1 aliphatic heterocycles. The summed E-state index contributed by atoms with van der Waals surface area (Å²) in [7, 11) is -4.01. The first-order chi connectivity index (χ1) is 14.6. The molecule has 168 valence electrons. The number of hydrogen-bond acceptors (Lipinski definition) is 6. The molecular formula is C21H28N4O5S. The SMILES string of the molecule is CCOC(=O)c1c(C)[nH]c(C)c1S(=O)(=O)N1CCC[C@@H](C(=O)Nc2ccc(C)cn2)C1. The second-order valence-corrected chi connectivity index (χ2v) is 9.59. The molecule has 3 heterocycles. The van der Waals surface area contributed by atoms with E-state index in [0.29, 0.717) is 30.0 Å². The van der Waals surface area contributed by atoms with Gasteiger partial charge in [0, 0.05) is 30.7 Å². The lowest BCUT2D eigenvalue weighted by molar-refractivity contribution is -0.120. The highest BCUT2D eigenvalue weighted by molar-refractivity contribution is 7.89. The van der Waals surface area contributed by atoms with E-state index in [1.54, 1.807) is 33.0 Å². The van der Waals surface area contributed by atoms with Crippen LogP contribution in [0.1, 0.15) is 47.1 Å². The van der Waals surface area contributed by atoms with Crippen molar-refractivity contribution in [3.8, 4) is 0 Å². The van der Waals surface area contributed by atoms with Crippen LogP contribution >= 0.6 is 0 Å². The highest BCUT2D eigenvalue weighted by atomic mass is 32.2. The van der Waals surface area contributed by atoms with Crippen LogP contribution in [0.2, 0.25) is 0 Å². The van der Waals surface area contributed by atoms with Crippen LogP contribution in [0.25, 0.3) is 0 Å². The van der Waals surface area contributed by atoms with Gasteiger partial charge in [-0.2, -0.15) is 4.31 Å². The first-order valence-electron chi connectivity index (χ1n) is 10.2. The minimum atomic E-state index is -4.01. The summed E-state index contributed by atoms with van der Waals surface area (Å²) >= 11 is 0. The third kappa shape index (κ3) is 4.80. The van der Waals surface area contributed by atoms with Gasteiger partial charge in [0.2, 0.25) is 15.9 Å². The van der Waals surface area contributed by atoms with Gasteiger partial charge in [0.05, 0.1) is 12.5 Å². The number of ether oxygens (including phenoxy) is 1. The Morgan fingerprint density at radius 1 is 1.26 bits per heavy atom. The fraction of sp³-hybridized carbons (Fsp3) is 0.476. The summed E-state index contributed by atoms with van der Waals surface area (Å²) in [6.45, 7) is 7.27. The number of nitrogens with zero attached hydrogens (tertiary/aromatic N) is 2. The minimum absolute atomic E-state index is 0.0229. The molecule has 3 rings (SSSR count). The maximum absolute atomic E-state index is 13.5. The average molecular weight is 449 g/mol. The van der Waals surface area contributed by atoms with Gasteiger partial charge < -0.3 is 15.0 Å². The van der Waals surface area contributed by atoms with Gasteiger partial charge in [-0.05, 0) is 52.2 Å². The third-order valence-electron chi connectivity index (χ3n) is 5.31. The Labute approximate surface area is 182 Å². The predicted octanol–water partition coefficient (Wildman–Crippen LogP) is 2.55. The highest BCUT2D eigenvalue weighted by Gasteiger charge is 2.38. The lowest BCUT2D eigenvalue weighted by atomic mass is 9.99. The lowest BCUT2D eigenvalue weighted by Crippen LogP contribution is -2.44. The number of anilines is 1. The topological polar surface area (TPSA) is 121 Å². The lowest BCUT2D eigenvalue weighted by Gasteiger charge is -2.31. The van der Waals surface area contributed by atoms with Crippen LogP contribution in [0.3, 0.4) is 0 Å². The number of carbonyl (C=O) groups is 2. The van der Waals surface area contributed by atoms with Crippen molar-refractivity contribution in [2.24, 2.45) is 5.92 Å². The molecule has 0 aliphatic carbocycles. The number of aryl methyl sites for hydroxylation is 3. The Bertz CT molecular complexity index is 1080. The van der Waals surface area contributed by atoms with E-state index in [1.165, 1.54) is 4.31 Å². The molecule has 0 aromatic carbocycles. The number of aromatic amines is 1. The van der Waals surface area contributed by atoms with Crippen molar-refractivity contribution in [3.05, 3.63) is 40.8 Å². The number of sulfonamides is 1. The molecule has 0 radical (unpaired) electrons. The molecule has 1 amide bonds. The molecule has 10 heteroatoms. The summed E-state index contributed by atoms with van der Waals surface area (Å²) in [5.74, 6) is -1.04. The van der Waals surface area contributed by atoms with Gasteiger partial charge in [-0.15, -0.1) is 0 Å². The van der Waals surface area contributed by atoms with Gasteiger partial charge >= 0.3 is 5.97 Å². The zero-order chi connectivity index (χ0) is 22.8. The molecule has 0 unspecified atom stereocenters. The number of pyridine rings is 1. The van der Waals surface area contributed by atoms with Crippen molar-refractivity contribution in [2.75, 3.05) is 25.0 Å². The van der Waals surface area contributed by atoms with E-state index in [1.807, 2.05) is 13.0 Å². The monoisotopic (exact) mass is 448 g/mol. The Balaban J connectivity index is 1.83. The van der Waals surface area contributed by atoms with Crippen LogP contribution in [-0.2, 0) is 19.6 Å². The van der Waals surface area contributed by atoms with Crippen molar-refractivity contribution in [3.63, 3.8) is 0 Å². The predicted molar refractivity (Wildman–Crippen MR) is 115 cm³/mol. The largest absolute Gasteiger partial charge is 0.462 e. The number of esters is 1. The van der Waals surface area contributed by atoms with Crippen molar-refractivity contribution >= 4 is 27.7 Å². The summed E-state index contributed by atoms with van der Waals surface area (Å²) in [6.07, 6.45) is 2.76. The number of aromatic nitrogens is 2. The van der Waals surface area contributed by atoms with Crippen LogP contribution in [0.15, 0.2) is 23.2 Å². The Kier molecular flexibility index (Phi) is 6.80. The molecule has 31 heavy (non-hydrogen) atoms. The molecule has 1 atom stereocenters. The van der Waals surface area contributed by atoms with E-state index in [4.69, 9.17) is 4.74 Å². The molecule has 1 aliphatic rings. The fourth-order valence-corrected chi connectivity index (χ4v) is 5.74. The van der Waals surface area contributed by atoms with Crippen LogP contribution in [0, 0.1) is 26.7 Å². The zero-order valence-electron chi connectivity index (χ0n) is 18.2. The van der Waals surface area contributed by atoms with Crippen LogP contribution in [0.5, 0.6) is 0 Å². The second-order valence-electron chi connectivity index (χ2n) is 7.71. The molecule has 2 aromatic rings. The first kappa shape index (κ1) is 23.0.